The zero-order valence-corrected chi connectivity index (χ0v) is 15.7. The van der Waals surface area contributed by atoms with Crippen LogP contribution >= 0.6 is 11.6 Å². The summed E-state index contributed by atoms with van der Waals surface area (Å²) in [5.41, 5.74) is 5.88. The topological polar surface area (TPSA) is 111 Å². The van der Waals surface area contributed by atoms with Crippen LogP contribution in [0.15, 0.2) is 48.5 Å². The summed E-state index contributed by atoms with van der Waals surface area (Å²) in [6, 6.07) is 10.3. The number of ether oxygens (including phenoxy) is 1. The van der Waals surface area contributed by atoms with E-state index in [9.17, 15) is 18.8 Å². The summed E-state index contributed by atoms with van der Waals surface area (Å²) in [6.07, 6.45) is -1.43. The first-order valence-corrected chi connectivity index (χ1v) is 8.70. The first kappa shape index (κ1) is 21.2. The monoisotopic (exact) mass is 407 g/mol. The Morgan fingerprint density at radius 1 is 1.18 bits per heavy atom. The summed E-state index contributed by atoms with van der Waals surface area (Å²) in [4.78, 5) is 35.6. The molecule has 0 unspecified atom stereocenters. The van der Waals surface area contributed by atoms with E-state index in [1.807, 2.05) is 0 Å². The molecular formula is C19H19ClFN3O4. The number of halogens is 2. The third kappa shape index (κ3) is 6.24. The number of carbonyl (C=O) groups excluding carboxylic acids is 3. The van der Waals surface area contributed by atoms with Gasteiger partial charge in [-0.2, -0.15) is 0 Å². The van der Waals surface area contributed by atoms with Gasteiger partial charge in [-0.3, -0.25) is 9.59 Å². The van der Waals surface area contributed by atoms with Gasteiger partial charge < -0.3 is 21.1 Å². The van der Waals surface area contributed by atoms with E-state index in [0.717, 1.165) is 6.07 Å². The van der Waals surface area contributed by atoms with Crippen LogP contribution in [0.5, 0.6) is 0 Å². The summed E-state index contributed by atoms with van der Waals surface area (Å²) in [7, 11) is 0. The summed E-state index contributed by atoms with van der Waals surface area (Å²) in [6.45, 7) is 1.37. The maximum atomic E-state index is 13.2. The van der Waals surface area contributed by atoms with Crippen LogP contribution in [0.25, 0.3) is 0 Å². The smallest absolute Gasteiger partial charge is 0.312 e. The molecule has 2 rings (SSSR count). The predicted octanol–water partition coefficient (Wildman–Crippen LogP) is 3.15. The van der Waals surface area contributed by atoms with Gasteiger partial charge in [0, 0.05) is 10.7 Å². The highest BCUT2D eigenvalue weighted by Crippen LogP contribution is 2.25. The number of hydrogen-bond acceptors (Lipinski definition) is 4. The van der Waals surface area contributed by atoms with Crippen molar-refractivity contribution >= 4 is 35.2 Å². The normalized spacial score (nSPS) is 12.5. The molecule has 0 radical (unpaired) electrons. The lowest BCUT2D eigenvalue weighted by atomic mass is 10.0. The van der Waals surface area contributed by atoms with Crippen molar-refractivity contribution < 1.29 is 23.5 Å². The molecule has 0 aliphatic carbocycles. The molecule has 0 aliphatic heterocycles. The molecule has 2 aromatic carbocycles. The van der Waals surface area contributed by atoms with E-state index in [1.165, 1.54) is 25.1 Å². The Bertz CT molecular complexity index is 878. The second-order valence-electron chi connectivity index (χ2n) is 5.92. The average Bonchev–Trinajstić information content (AvgIpc) is 2.61. The standard InChI is InChI=1S/C19H19ClFN3O4/c1-11(18(26)23-13-6-4-5-12(21)9-13)28-17(25)10-16(24-19(22)27)14-7-2-3-8-15(14)20/h2-9,11,16H,10H2,1H3,(H,23,26)(H3,22,24,27)/t11-,16+/m1/s1. The van der Waals surface area contributed by atoms with Crippen molar-refractivity contribution in [2.75, 3.05) is 5.32 Å². The number of primary amides is 1. The van der Waals surface area contributed by atoms with Gasteiger partial charge in [-0.25, -0.2) is 9.18 Å². The van der Waals surface area contributed by atoms with Crippen LogP contribution in [-0.4, -0.2) is 24.0 Å². The van der Waals surface area contributed by atoms with Gasteiger partial charge in [0.05, 0.1) is 12.5 Å². The van der Waals surface area contributed by atoms with E-state index in [1.54, 1.807) is 24.3 Å². The number of nitrogens with two attached hydrogens (primary N) is 1. The zero-order valence-electron chi connectivity index (χ0n) is 14.9. The van der Waals surface area contributed by atoms with Crippen molar-refractivity contribution in [2.24, 2.45) is 5.73 Å². The summed E-state index contributed by atoms with van der Waals surface area (Å²) >= 11 is 6.11. The Hall–Kier alpha value is -3.13. The molecule has 28 heavy (non-hydrogen) atoms. The third-order valence-electron chi connectivity index (χ3n) is 3.74. The first-order chi connectivity index (χ1) is 13.3. The average molecular weight is 408 g/mol. The summed E-state index contributed by atoms with van der Waals surface area (Å²) in [5.74, 6) is -1.89. The molecular weight excluding hydrogens is 389 g/mol. The molecule has 2 atom stereocenters. The van der Waals surface area contributed by atoms with Crippen LogP contribution in [0.1, 0.15) is 24.9 Å². The van der Waals surface area contributed by atoms with Crippen molar-refractivity contribution in [1.82, 2.24) is 5.32 Å². The molecule has 0 heterocycles. The molecule has 7 nitrogen and oxygen atoms in total. The van der Waals surface area contributed by atoms with Gasteiger partial charge in [-0.05, 0) is 36.8 Å². The molecule has 0 saturated heterocycles. The fraction of sp³-hybridized carbons (Fsp3) is 0.211. The Kier molecular flexibility index (Phi) is 7.34. The second kappa shape index (κ2) is 9.70. The number of anilines is 1. The highest BCUT2D eigenvalue weighted by atomic mass is 35.5. The molecule has 0 fully saturated rings. The molecule has 0 saturated carbocycles. The summed E-state index contributed by atoms with van der Waals surface area (Å²) < 4.78 is 18.3. The molecule has 9 heteroatoms. The maximum absolute atomic E-state index is 13.2. The van der Waals surface area contributed by atoms with Crippen LogP contribution in [0.4, 0.5) is 14.9 Å². The van der Waals surface area contributed by atoms with Gasteiger partial charge in [-0.1, -0.05) is 35.9 Å². The lowest BCUT2D eigenvalue weighted by Gasteiger charge is -2.20. The van der Waals surface area contributed by atoms with Gasteiger partial charge in [-0.15, -0.1) is 0 Å². The van der Waals surface area contributed by atoms with Gasteiger partial charge in [0.1, 0.15) is 5.82 Å². The number of amides is 3. The molecule has 0 aromatic heterocycles. The lowest BCUT2D eigenvalue weighted by molar-refractivity contribution is -0.153. The Labute approximate surface area is 166 Å². The van der Waals surface area contributed by atoms with Crippen molar-refractivity contribution in [3.05, 3.63) is 64.9 Å². The molecule has 4 N–H and O–H groups in total. The minimum absolute atomic E-state index is 0.234. The molecule has 148 valence electrons. The zero-order chi connectivity index (χ0) is 20.7. The van der Waals surface area contributed by atoms with Crippen LogP contribution < -0.4 is 16.4 Å². The van der Waals surface area contributed by atoms with E-state index in [4.69, 9.17) is 22.1 Å². The van der Waals surface area contributed by atoms with Gasteiger partial charge in [0.15, 0.2) is 6.10 Å². The Balaban J connectivity index is 2.00. The fourth-order valence-corrected chi connectivity index (χ4v) is 2.71. The van der Waals surface area contributed by atoms with Crippen molar-refractivity contribution in [3.8, 4) is 0 Å². The van der Waals surface area contributed by atoms with E-state index in [-0.39, 0.29) is 12.1 Å². The van der Waals surface area contributed by atoms with Gasteiger partial charge in [0.25, 0.3) is 5.91 Å². The molecule has 0 bridgehead atoms. The minimum atomic E-state index is -1.14. The van der Waals surface area contributed by atoms with Gasteiger partial charge >= 0.3 is 12.0 Å². The van der Waals surface area contributed by atoms with E-state index in [0.29, 0.717) is 10.6 Å². The van der Waals surface area contributed by atoms with Crippen molar-refractivity contribution in [1.29, 1.82) is 0 Å². The number of nitrogens with one attached hydrogen (secondary N) is 2. The molecule has 0 spiro atoms. The number of esters is 1. The fourth-order valence-electron chi connectivity index (χ4n) is 2.44. The van der Waals surface area contributed by atoms with E-state index < -0.39 is 35.9 Å². The number of hydrogen-bond donors (Lipinski definition) is 3. The number of carbonyl (C=O) groups is 3. The highest BCUT2D eigenvalue weighted by Gasteiger charge is 2.24. The summed E-state index contributed by atoms with van der Waals surface area (Å²) in [5, 5.41) is 5.21. The van der Waals surface area contributed by atoms with Crippen LogP contribution in [0.3, 0.4) is 0 Å². The number of benzene rings is 2. The van der Waals surface area contributed by atoms with Gasteiger partial charge in [0.2, 0.25) is 0 Å². The number of rotatable bonds is 7. The quantitative estimate of drug-likeness (QED) is 0.612. The predicted molar refractivity (Wildman–Crippen MR) is 102 cm³/mol. The van der Waals surface area contributed by atoms with Crippen LogP contribution in [0.2, 0.25) is 5.02 Å². The minimum Gasteiger partial charge on any atom is -0.452 e. The lowest BCUT2D eigenvalue weighted by Crippen LogP contribution is -2.36. The Morgan fingerprint density at radius 2 is 1.89 bits per heavy atom. The molecule has 3 amide bonds. The largest absolute Gasteiger partial charge is 0.452 e. The SMILES string of the molecule is C[C@@H](OC(=O)C[C@H](NC(N)=O)c1ccccc1Cl)C(=O)Nc1cccc(F)c1. The van der Waals surface area contributed by atoms with Crippen LogP contribution in [-0.2, 0) is 14.3 Å². The van der Waals surface area contributed by atoms with Crippen molar-refractivity contribution in [3.63, 3.8) is 0 Å². The second-order valence-corrected chi connectivity index (χ2v) is 6.33. The third-order valence-corrected chi connectivity index (χ3v) is 4.08. The van der Waals surface area contributed by atoms with E-state index >= 15 is 0 Å². The molecule has 0 aliphatic rings. The molecule has 2 aromatic rings. The maximum Gasteiger partial charge on any atom is 0.312 e. The van der Waals surface area contributed by atoms with Crippen molar-refractivity contribution in [2.45, 2.75) is 25.5 Å². The number of urea groups is 1. The first-order valence-electron chi connectivity index (χ1n) is 8.32. The highest BCUT2D eigenvalue weighted by molar-refractivity contribution is 6.31. The van der Waals surface area contributed by atoms with Crippen LogP contribution in [0, 0.1) is 5.82 Å². The Morgan fingerprint density at radius 3 is 2.54 bits per heavy atom. The van der Waals surface area contributed by atoms with E-state index in [2.05, 4.69) is 10.6 Å².